The van der Waals surface area contributed by atoms with E-state index in [1.165, 1.54) is 28.6 Å². The van der Waals surface area contributed by atoms with Gasteiger partial charge in [0.2, 0.25) is 5.91 Å². The molecule has 2 fully saturated rings. The first-order valence-electron chi connectivity index (χ1n) is 14.6. The molecule has 4 unspecified atom stereocenters. The van der Waals surface area contributed by atoms with Crippen LogP contribution in [-0.4, -0.2) is 54.0 Å². The van der Waals surface area contributed by atoms with Crippen LogP contribution in [0.25, 0.3) is 22.1 Å². The number of terminal acetylenes is 1. The summed E-state index contributed by atoms with van der Waals surface area (Å²) in [5.74, 6) is 2.17. The number of pyridine rings is 2. The van der Waals surface area contributed by atoms with Crippen LogP contribution in [0.3, 0.4) is 0 Å². The molecule has 206 valence electrons. The van der Waals surface area contributed by atoms with Gasteiger partial charge in [-0.3, -0.25) is 13.9 Å². The van der Waals surface area contributed by atoms with Crippen molar-refractivity contribution < 1.29 is 19.8 Å². The van der Waals surface area contributed by atoms with Crippen molar-refractivity contribution >= 4 is 45.7 Å². The molecule has 4 heterocycles. The third-order valence-corrected chi connectivity index (χ3v) is 7.76. The lowest BCUT2D eigenvalue weighted by Crippen LogP contribution is -2.37. The zero-order valence-corrected chi connectivity index (χ0v) is 21.8. The van der Waals surface area contributed by atoms with Crippen LogP contribution in [0.5, 0.6) is 0 Å². The number of amides is 2. The van der Waals surface area contributed by atoms with Gasteiger partial charge in [-0.15, -0.1) is 12.3 Å². The topological polar surface area (TPSA) is 164 Å². The number of nitrogens with one attached hydrogen (secondary N) is 2. The van der Waals surface area contributed by atoms with E-state index in [9.17, 15) is 14.4 Å². The number of aryl methyl sites for hydroxylation is 2. The molecule has 2 aliphatic carbocycles. The Hall–Kier alpha value is -4.86. The Bertz CT molecular complexity index is 1960. The molecule has 0 aromatic carbocycles. The zero-order valence-electron chi connectivity index (χ0n) is 25.8. The average molecular weight is 548 g/mol. The van der Waals surface area contributed by atoms with Crippen molar-refractivity contribution in [1.82, 2.24) is 34.2 Å². The smallest absolute Gasteiger partial charge is 0.407 e. The summed E-state index contributed by atoms with van der Waals surface area (Å²) < 4.78 is 40.8. The quantitative estimate of drug-likeness (QED) is 0.308. The molecular formula is C27H29N9O4. The fraction of sp³-hybridized carbons (Fsp3) is 0.407. The third kappa shape index (κ3) is 3.78. The summed E-state index contributed by atoms with van der Waals surface area (Å²) in [5.41, 5.74) is 5.19. The van der Waals surface area contributed by atoms with E-state index in [1.54, 1.807) is 19.1 Å². The molecule has 2 aliphatic rings. The van der Waals surface area contributed by atoms with E-state index in [0.29, 0.717) is 40.0 Å². The van der Waals surface area contributed by atoms with Crippen LogP contribution < -0.4 is 22.1 Å². The van der Waals surface area contributed by atoms with Gasteiger partial charge in [0, 0.05) is 34.6 Å². The van der Waals surface area contributed by atoms with E-state index in [1.807, 2.05) is 0 Å². The molecule has 0 radical (unpaired) electrons. The minimum atomic E-state index is -2.80. The highest BCUT2D eigenvalue weighted by molar-refractivity contribution is 5.90. The first-order valence-corrected chi connectivity index (χ1v) is 12.6. The van der Waals surface area contributed by atoms with E-state index < -0.39 is 48.2 Å². The predicted molar refractivity (Wildman–Crippen MR) is 147 cm³/mol. The molecule has 13 nitrogen and oxygen atoms in total. The molecule has 4 atom stereocenters. The molecule has 2 saturated carbocycles. The molecule has 13 heteroatoms. The predicted octanol–water partition coefficient (Wildman–Crippen LogP) is 1.82. The molecule has 4 N–H and O–H groups in total. The lowest BCUT2D eigenvalue weighted by atomic mass is 10.2. The van der Waals surface area contributed by atoms with Gasteiger partial charge in [-0.1, -0.05) is 0 Å². The molecule has 0 aliphatic heterocycles. The minimum Gasteiger partial charge on any atom is -0.453 e. The maximum atomic E-state index is 13.5. The summed E-state index contributed by atoms with van der Waals surface area (Å²) >= 11 is 0. The average Bonchev–Trinajstić information content (AvgIpc) is 3.30. The number of nitrogens with two attached hydrogens (primary N) is 1. The molecular weight excluding hydrogens is 514 g/mol. The third-order valence-electron chi connectivity index (χ3n) is 7.76. The second-order valence-corrected chi connectivity index (χ2v) is 10.1. The summed E-state index contributed by atoms with van der Waals surface area (Å²) in [7, 11) is 1.19. The van der Waals surface area contributed by atoms with Gasteiger partial charge in [0.05, 0.1) is 37.3 Å². The fourth-order valence-electron chi connectivity index (χ4n) is 5.58. The second kappa shape index (κ2) is 9.11. The molecule has 0 saturated heterocycles. The van der Waals surface area contributed by atoms with E-state index in [2.05, 4.69) is 36.4 Å². The Morgan fingerprint density at radius 3 is 2.85 bits per heavy atom. The Labute approximate surface area is 234 Å². The Balaban J connectivity index is 1.40. The number of fused-ring (bicyclic) bond motifs is 2. The number of ether oxygens (including phenoxy) is 1. The highest BCUT2D eigenvalue weighted by Gasteiger charge is 2.62. The summed E-state index contributed by atoms with van der Waals surface area (Å²) in [6.07, 6.45) is 7.09. The molecule has 0 spiro atoms. The largest absolute Gasteiger partial charge is 0.453 e. The number of alkyl carbamates (subject to hydrolysis) is 1. The Kier molecular flexibility index (Phi) is 4.79. The number of primary amides is 1. The van der Waals surface area contributed by atoms with Crippen molar-refractivity contribution in [2.75, 3.05) is 12.4 Å². The lowest BCUT2D eigenvalue weighted by Gasteiger charge is -2.15. The number of aromatic nitrogens is 6. The van der Waals surface area contributed by atoms with Crippen LogP contribution in [0.4, 0.5) is 16.4 Å². The van der Waals surface area contributed by atoms with Crippen molar-refractivity contribution in [3.8, 4) is 12.3 Å². The standard InChI is InChI=1S/C27H29N9O4/c1-5-15-12-27(15,24(28)37)36-23-18(14(2)33-36)8-9-21(32-23)31-22-11-19-20(13-29-22)34(3)26(39)35(19)17-7-6-16(10-17)30-25(38)40-4/h1,8-9,11,13,15-17H,6-7,10,12H2,2-4H3,(H2,28,37)(H,30,38)(H,29,31,32)/i3D3,16D. The fourth-order valence-corrected chi connectivity index (χ4v) is 5.58. The van der Waals surface area contributed by atoms with Gasteiger partial charge in [0.15, 0.2) is 11.2 Å². The highest BCUT2D eigenvalue weighted by Crippen LogP contribution is 2.50. The van der Waals surface area contributed by atoms with Gasteiger partial charge in [0.25, 0.3) is 0 Å². The number of carbonyl (C=O) groups is 2. The normalized spacial score (nSPS) is 27.3. The molecule has 4 aromatic rings. The Morgan fingerprint density at radius 1 is 1.32 bits per heavy atom. The van der Waals surface area contributed by atoms with E-state index >= 15 is 0 Å². The maximum absolute atomic E-state index is 13.5. The van der Waals surface area contributed by atoms with Crippen LogP contribution in [0.15, 0.2) is 29.2 Å². The van der Waals surface area contributed by atoms with Crippen molar-refractivity contribution in [1.29, 1.82) is 0 Å². The SMILES string of the molecule is [2H]C1(NC(=O)OC)CCC(n2c(=O)n(C([2H])([2H])[2H])c3cnc(Nc4ccc5c(C)nn(C6(C(N)=O)CC6C#C)c5n4)cc32)C1. The number of hydrogen-bond donors (Lipinski definition) is 3. The summed E-state index contributed by atoms with van der Waals surface area (Å²) in [5, 5.41) is 10.8. The number of imidazole rings is 1. The Morgan fingerprint density at radius 2 is 2.15 bits per heavy atom. The van der Waals surface area contributed by atoms with Crippen molar-refractivity contribution in [2.24, 2.45) is 18.6 Å². The number of nitrogens with zero attached hydrogens (tertiary/aromatic N) is 6. The van der Waals surface area contributed by atoms with Crippen LogP contribution in [0, 0.1) is 25.2 Å². The van der Waals surface area contributed by atoms with Crippen LogP contribution in [0.1, 0.15) is 42.9 Å². The van der Waals surface area contributed by atoms with Crippen molar-refractivity contribution in [3.63, 3.8) is 0 Å². The van der Waals surface area contributed by atoms with Gasteiger partial charge in [-0.2, -0.15) is 5.10 Å². The number of methoxy groups -OCH3 is 1. The number of carbonyl (C=O) groups excluding carboxylic acids is 2. The van der Waals surface area contributed by atoms with Crippen LogP contribution >= 0.6 is 0 Å². The molecule has 4 aromatic heterocycles. The van der Waals surface area contributed by atoms with Crippen LogP contribution in [-0.2, 0) is 22.0 Å². The second-order valence-electron chi connectivity index (χ2n) is 10.1. The lowest BCUT2D eigenvalue weighted by molar-refractivity contribution is -0.122. The first-order chi connectivity index (χ1) is 20.7. The summed E-state index contributed by atoms with van der Waals surface area (Å²) in [6, 6.07) is 3.03. The number of anilines is 2. The monoisotopic (exact) mass is 547 g/mol. The molecule has 0 bridgehead atoms. The van der Waals surface area contributed by atoms with Gasteiger partial charge in [-0.05, 0) is 44.7 Å². The summed E-state index contributed by atoms with van der Waals surface area (Å²) in [4.78, 5) is 46.8. The van der Waals surface area contributed by atoms with Gasteiger partial charge >= 0.3 is 11.8 Å². The number of rotatable bonds is 6. The summed E-state index contributed by atoms with van der Waals surface area (Å²) in [6.45, 7) is -1.01. The zero-order chi connectivity index (χ0) is 31.8. The first kappa shape index (κ1) is 21.0. The van der Waals surface area contributed by atoms with Crippen molar-refractivity contribution in [2.45, 2.75) is 50.2 Å². The van der Waals surface area contributed by atoms with Gasteiger partial charge < -0.3 is 21.1 Å². The van der Waals surface area contributed by atoms with Gasteiger partial charge in [-0.25, -0.2) is 24.2 Å². The minimum absolute atomic E-state index is 0.0506. The maximum Gasteiger partial charge on any atom is 0.407 e. The molecule has 2 amide bonds. The van der Waals surface area contributed by atoms with E-state index in [4.69, 9.17) is 17.6 Å². The molecule has 40 heavy (non-hydrogen) atoms. The van der Waals surface area contributed by atoms with Crippen LogP contribution in [0.2, 0.25) is 0 Å². The molecule has 6 rings (SSSR count). The van der Waals surface area contributed by atoms with Crippen molar-refractivity contribution in [3.05, 3.63) is 40.6 Å². The highest BCUT2D eigenvalue weighted by atomic mass is 16.5. The van der Waals surface area contributed by atoms with E-state index in [-0.39, 0.29) is 29.7 Å². The number of hydrogen-bond acceptors (Lipinski definition) is 8. The van der Waals surface area contributed by atoms with E-state index in [0.717, 1.165) is 0 Å². The van der Waals surface area contributed by atoms with Gasteiger partial charge in [0.1, 0.15) is 11.6 Å².